The topological polar surface area (TPSA) is 125 Å². The molecule has 5 N–H and O–H groups in total. The average molecular weight is 284 g/mol. The molecule has 0 aliphatic rings. The first-order valence-corrected chi connectivity index (χ1v) is 6.19. The summed E-state index contributed by atoms with van der Waals surface area (Å²) in [5, 5.41) is 33.2. The van der Waals surface area contributed by atoms with Gasteiger partial charge in [0.2, 0.25) is 0 Å². The van der Waals surface area contributed by atoms with Crippen LogP contribution < -0.4 is 16.0 Å². The highest BCUT2D eigenvalue weighted by Gasteiger charge is 2.22. The number of benzene rings is 1. The summed E-state index contributed by atoms with van der Waals surface area (Å²) in [7, 11) is 0. The zero-order valence-electron chi connectivity index (χ0n) is 11.6. The van der Waals surface area contributed by atoms with Crippen LogP contribution in [0.3, 0.4) is 0 Å². The van der Waals surface area contributed by atoms with Gasteiger partial charge in [0.1, 0.15) is 18.1 Å². The molecule has 112 valence electrons. The van der Waals surface area contributed by atoms with E-state index in [1.807, 2.05) is 0 Å². The van der Waals surface area contributed by atoms with Gasteiger partial charge in [-0.05, 0) is 32.9 Å². The first-order valence-electron chi connectivity index (χ1n) is 6.19. The van der Waals surface area contributed by atoms with Gasteiger partial charge in [-0.25, -0.2) is 0 Å². The predicted molar refractivity (Wildman–Crippen MR) is 76.2 cm³/mol. The molecule has 0 saturated carbocycles. The molecular weight excluding hydrogens is 264 g/mol. The molecule has 1 rings (SSSR count). The van der Waals surface area contributed by atoms with E-state index in [0.717, 1.165) is 0 Å². The third-order valence-electron chi connectivity index (χ3n) is 2.66. The summed E-state index contributed by atoms with van der Waals surface area (Å²) >= 11 is 0. The Hall–Kier alpha value is -1.90. The third-order valence-corrected chi connectivity index (χ3v) is 2.66. The first kappa shape index (κ1) is 16.2. The van der Waals surface area contributed by atoms with Crippen LogP contribution in [-0.2, 0) is 0 Å². The third kappa shape index (κ3) is 3.80. The number of anilines is 2. The maximum absolute atomic E-state index is 11.1. The molecular formula is C12H20N4O4. The monoisotopic (exact) mass is 284 g/mol. The van der Waals surface area contributed by atoms with Crippen molar-refractivity contribution in [2.24, 2.45) is 5.73 Å². The van der Waals surface area contributed by atoms with Gasteiger partial charge >= 0.3 is 0 Å². The van der Waals surface area contributed by atoms with Crippen LogP contribution in [0.25, 0.3) is 0 Å². The van der Waals surface area contributed by atoms with Crippen LogP contribution in [0, 0.1) is 10.1 Å². The van der Waals surface area contributed by atoms with E-state index in [9.17, 15) is 20.3 Å². The standard InChI is InChI=1S/C12H20N4O4/c1-7(13)14-11-5-4-10(6-12(11)16(19)20)15(8(2)17)9(3)18/h4-9,14,17-18H,13H2,1-3H3. The number of nitrogens with zero attached hydrogens (tertiary/aromatic N) is 2. The smallest absolute Gasteiger partial charge is 0.294 e. The van der Waals surface area contributed by atoms with Crippen molar-refractivity contribution in [1.82, 2.24) is 0 Å². The molecule has 0 saturated heterocycles. The Bertz CT molecular complexity index is 469. The lowest BCUT2D eigenvalue weighted by Gasteiger charge is -2.30. The van der Waals surface area contributed by atoms with Crippen LogP contribution in [0.5, 0.6) is 0 Å². The molecule has 0 aliphatic heterocycles. The Morgan fingerprint density at radius 3 is 2.25 bits per heavy atom. The maximum atomic E-state index is 11.1. The van der Waals surface area contributed by atoms with Crippen molar-refractivity contribution in [1.29, 1.82) is 0 Å². The van der Waals surface area contributed by atoms with E-state index >= 15 is 0 Å². The fourth-order valence-corrected chi connectivity index (χ4v) is 1.94. The highest BCUT2D eigenvalue weighted by molar-refractivity contribution is 5.69. The largest absolute Gasteiger partial charge is 0.374 e. The van der Waals surface area contributed by atoms with Crippen molar-refractivity contribution >= 4 is 17.1 Å². The van der Waals surface area contributed by atoms with E-state index in [1.165, 1.54) is 30.9 Å². The van der Waals surface area contributed by atoms with Crippen molar-refractivity contribution in [3.05, 3.63) is 28.3 Å². The molecule has 0 aliphatic carbocycles. The molecule has 0 fully saturated rings. The molecule has 0 bridgehead atoms. The Morgan fingerprint density at radius 2 is 1.85 bits per heavy atom. The van der Waals surface area contributed by atoms with Crippen LogP contribution in [-0.4, -0.2) is 33.8 Å². The number of aliphatic hydroxyl groups is 2. The quantitative estimate of drug-likeness (QED) is 0.346. The number of hydrogen-bond donors (Lipinski definition) is 4. The molecule has 3 unspecified atom stereocenters. The average Bonchev–Trinajstić information content (AvgIpc) is 2.28. The maximum Gasteiger partial charge on any atom is 0.294 e. The zero-order valence-corrected chi connectivity index (χ0v) is 11.6. The van der Waals surface area contributed by atoms with E-state index < -0.39 is 23.5 Å². The van der Waals surface area contributed by atoms with Crippen LogP contribution in [0.2, 0.25) is 0 Å². The number of nitrogens with two attached hydrogens (primary N) is 1. The van der Waals surface area contributed by atoms with Crippen molar-refractivity contribution in [3.63, 3.8) is 0 Å². The molecule has 1 aromatic rings. The number of hydrogen-bond acceptors (Lipinski definition) is 7. The van der Waals surface area contributed by atoms with Crippen molar-refractivity contribution in [2.75, 3.05) is 10.2 Å². The lowest BCUT2D eigenvalue weighted by molar-refractivity contribution is -0.383. The molecule has 0 amide bonds. The first-order chi connectivity index (χ1) is 9.23. The SMILES string of the molecule is CC(N)Nc1ccc(N(C(C)O)C(C)O)cc1[N+](=O)[O-]. The molecule has 3 atom stereocenters. The molecule has 8 heteroatoms. The Balaban J connectivity index is 3.25. The molecule has 8 nitrogen and oxygen atoms in total. The minimum Gasteiger partial charge on any atom is -0.374 e. The minimum atomic E-state index is -0.984. The van der Waals surface area contributed by atoms with Crippen molar-refractivity contribution in [2.45, 2.75) is 39.4 Å². The summed E-state index contributed by atoms with van der Waals surface area (Å²) in [6, 6.07) is 4.34. The number of rotatable bonds is 6. The minimum absolute atomic E-state index is 0.175. The Labute approximate surface area is 117 Å². The molecule has 20 heavy (non-hydrogen) atoms. The van der Waals surface area contributed by atoms with Gasteiger partial charge in [-0.15, -0.1) is 0 Å². The second-order valence-electron chi connectivity index (χ2n) is 4.56. The fraction of sp³-hybridized carbons (Fsp3) is 0.500. The normalized spacial score (nSPS) is 15.3. The van der Waals surface area contributed by atoms with Crippen molar-refractivity contribution in [3.8, 4) is 0 Å². The summed E-state index contributed by atoms with van der Waals surface area (Å²) in [5.74, 6) is 0. The van der Waals surface area contributed by atoms with Gasteiger partial charge in [0.05, 0.1) is 11.1 Å². The Morgan fingerprint density at radius 1 is 1.30 bits per heavy atom. The number of nitro groups is 1. The van der Waals surface area contributed by atoms with E-state index in [1.54, 1.807) is 13.0 Å². The van der Waals surface area contributed by atoms with Crippen LogP contribution in [0.15, 0.2) is 18.2 Å². The zero-order chi connectivity index (χ0) is 15.4. The fourth-order valence-electron chi connectivity index (χ4n) is 1.94. The van der Waals surface area contributed by atoms with Gasteiger partial charge in [-0.1, -0.05) is 0 Å². The van der Waals surface area contributed by atoms with Gasteiger partial charge < -0.3 is 26.2 Å². The van der Waals surface area contributed by atoms with Gasteiger partial charge in [-0.3, -0.25) is 10.1 Å². The summed E-state index contributed by atoms with van der Waals surface area (Å²) < 4.78 is 0. The Kier molecular flexibility index (Phi) is 5.26. The van der Waals surface area contributed by atoms with Gasteiger partial charge in [0.15, 0.2) is 0 Å². The van der Waals surface area contributed by atoms with E-state index in [-0.39, 0.29) is 11.4 Å². The van der Waals surface area contributed by atoms with Crippen LogP contribution >= 0.6 is 0 Å². The van der Waals surface area contributed by atoms with Gasteiger partial charge in [-0.2, -0.15) is 0 Å². The molecule has 1 aromatic carbocycles. The van der Waals surface area contributed by atoms with E-state index in [4.69, 9.17) is 5.73 Å². The summed E-state index contributed by atoms with van der Waals surface area (Å²) in [6.45, 7) is 4.59. The second kappa shape index (κ2) is 6.51. The number of nitrogens with one attached hydrogen (secondary N) is 1. The molecule has 0 radical (unpaired) electrons. The van der Waals surface area contributed by atoms with Gasteiger partial charge in [0, 0.05) is 11.8 Å². The van der Waals surface area contributed by atoms with E-state index in [0.29, 0.717) is 5.69 Å². The predicted octanol–water partition coefficient (Wildman–Crippen LogP) is 0.794. The highest BCUT2D eigenvalue weighted by Crippen LogP contribution is 2.31. The highest BCUT2D eigenvalue weighted by atomic mass is 16.6. The van der Waals surface area contributed by atoms with Gasteiger partial charge in [0.25, 0.3) is 5.69 Å². The second-order valence-corrected chi connectivity index (χ2v) is 4.56. The van der Waals surface area contributed by atoms with Crippen LogP contribution in [0.1, 0.15) is 20.8 Å². The van der Waals surface area contributed by atoms with E-state index in [2.05, 4.69) is 5.32 Å². The molecule has 0 spiro atoms. The molecule has 0 heterocycles. The summed E-state index contributed by atoms with van der Waals surface area (Å²) in [5.41, 5.74) is 6.02. The summed E-state index contributed by atoms with van der Waals surface area (Å²) in [6.07, 6.45) is -2.41. The lowest BCUT2D eigenvalue weighted by Crippen LogP contribution is -2.40. The molecule has 0 aromatic heterocycles. The lowest BCUT2D eigenvalue weighted by atomic mass is 10.2. The summed E-state index contributed by atoms with van der Waals surface area (Å²) in [4.78, 5) is 11.8. The number of nitro benzene ring substituents is 1. The number of aliphatic hydroxyl groups excluding tert-OH is 2. The van der Waals surface area contributed by atoms with Crippen LogP contribution in [0.4, 0.5) is 17.1 Å². The van der Waals surface area contributed by atoms with Crippen molar-refractivity contribution < 1.29 is 15.1 Å².